The molecule has 0 nitrogen and oxygen atoms in total. The Bertz CT molecular complexity index is 226. The molecule has 120 valence electrons. The van der Waals surface area contributed by atoms with Crippen molar-refractivity contribution in [3.63, 3.8) is 0 Å². The normalized spacial score (nSPS) is 14.5. The van der Waals surface area contributed by atoms with Crippen molar-refractivity contribution >= 4 is 0 Å². The molecule has 0 fully saturated rings. The van der Waals surface area contributed by atoms with Gasteiger partial charge in [0.05, 0.1) is 0 Å². The number of rotatable bonds is 13. The molecule has 0 N–H and O–H groups in total. The predicted octanol–water partition coefficient (Wildman–Crippen LogP) is 7.39. The maximum atomic E-state index is 4.18. The fraction of sp³-hybridized carbons (Fsp3) is 0.900. The van der Waals surface area contributed by atoms with Crippen LogP contribution in [-0.2, 0) is 0 Å². The third kappa shape index (κ3) is 10.5. The van der Waals surface area contributed by atoms with Gasteiger partial charge in [0.25, 0.3) is 0 Å². The van der Waals surface area contributed by atoms with Crippen molar-refractivity contribution in [1.29, 1.82) is 0 Å². The molecule has 0 aromatic rings. The average Bonchev–Trinajstić information content (AvgIpc) is 2.43. The Balaban J connectivity index is 3.68. The minimum atomic E-state index is 0.663. The summed E-state index contributed by atoms with van der Waals surface area (Å²) in [5, 5.41) is 0. The monoisotopic (exact) mass is 280 g/mol. The fourth-order valence-corrected chi connectivity index (χ4v) is 2.84. The van der Waals surface area contributed by atoms with Gasteiger partial charge in [-0.2, -0.15) is 0 Å². The molecule has 0 aromatic heterocycles. The Labute approximate surface area is 129 Å². The van der Waals surface area contributed by atoms with E-state index in [1.807, 2.05) is 0 Å². The zero-order chi connectivity index (χ0) is 15.4. The zero-order valence-corrected chi connectivity index (χ0v) is 15.0. The van der Waals surface area contributed by atoms with Gasteiger partial charge in [0.2, 0.25) is 0 Å². The highest BCUT2D eigenvalue weighted by Gasteiger charge is 2.09. The molecule has 0 heteroatoms. The highest BCUT2D eigenvalue weighted by Crippen LogP contribution is 2.24. The van der Waals surface area contributed by atoms with E-state index in [1.165, 1.54) is 69.8 Å². The molecule has 0 aliphatic rings. The van der Waals surface area contributed by atoms with Crippen LogP contribution in [0.3, 0.4) is 0 Å². The van der Waals surface area contributed by atoms with E-state index in [-0.39, 0.29) is 0 Å². The van der Waals surface area contributed by atoms with Gasteiger partial charge in [-0.3, -0.25) is 0 Å². The summed E-state index contributed by atoms with van der Waals surface area (Å²) in [4.78, 5) is 0. The summed E-state index contributed by atoms with van der Waals surface area (Å²) in [6.07, 6.45) is 13.9. The second-order valence-electron chi connectivity index (χ2n) is 7.16. The smallest absolute Gasteiger partial charge is 0.0263 e. The van der Waals surface area contributed by atoms with Crippen LogP contribution in [0.1, 0.15) is 98.8 Å². The molecule has 0 bridgehead atoms. The van der Waals surface area contributed by atoms with E-state index in [1.54, 1.807) is 0 Å². The van der Waals surface area contributed by atoms with Crippen molar-refractivity contribution < 1.29 is 0 Å². The number of hydrogen-bond acceptors (Lipinski definition) is 0. The number of allylic oxidation sites excluding steroid dienone is 1. The molecular formula is C20H40. The lowest BCUT2D eigenvalue weighted by molar-refractivity contribution is 0.356. The summed E-state index contributed by atoms with van der Waals surface area (Å²) in [6.45, 7) is 15.8. The fourth-order valence-electron chi connectivity index (χ4n) is 2.84. The summed E-state index contributed by atoms with van der Waals surface area (Å²) in [5.74, 6) is 2.56. The van der Waals surface area contributed by atoms with Gasteiger partial charge in [0.15, 0.2) is 0 Å². The molecule has 20 heavy (non-hydrogen) atoms. The second-order valence-corrected chi connectivity index (χ2v) is 7.16. The van der Waals surface area contributed by atoms with Gasteiger partial charge in [0.1, 0.15) is 0 Å². The maximum Gasteiger partial charge on any atom is -0.0263 e. The van der Waals surface area contributed by atoms with Crippen LogP contribution in [0, 0.1) is 17.8 Å². The summed E-state index contributed by atoms with van der Waals surface area (Å²) in [5.41, 5.74) is 1.44. The molecule has 0 spiro atoms. The van der Waals surface area contributed by atoms with E-state index in [2.05, 4.69) is 41.2 Å². The Morgan fingerprint density at radius 3 is 2.10 bits per heavy atom. The molecule has 0 aliphatic heterocycles. The lowest BCUT2D eigenvalue weighted by Gasteiger charge is -2.18. The van der Waals surface area contributed by atoms with E-state index in [9.17, 15) is 0 Å². The first-order valence-electron chi connectivity index (χ1n) is 9.18. The quantitative estimate of drug-likeness (QED) is 0.244. The van der Waals surface area contributed by atoms with Crippen molar-refractivity contribution in [3.05, 3.63) is 12.2 Å². The van der Waals surface area contributed by atoms with Crippen LogP contribution in [0.4, 0.5) is 0 Å². The first kappa shape index (κ1) is 19.7. The SMILES string of the molecule is C=C(CCCCC(CC)CCC(C)CCCC)C(C)C. The Hall–Kier alpha value is -0.260. The van der Waals surface area contributed by atoms with Gasteiger partial charge in [-0.25, -0.2) is 0 Å². The molecule has 0 radical (unpaired) electrons. The minimum Gasteiger partial charge on any atom is -0.0996 e. The van der Waals surface area contributed by atoms with E-state index in [0.29, 0.717) is 5.92 Å². The molecule has 2 unspecified atom stereocenters. The molecule has 0 amide bonds. The van der Waals surface area contributed by atoms with Crippen LogP contribution < -0.4 is 0 Å². The van der Waals surface area contributed by atoms with Crippen molar-refractivity contribution in [2.75, 3.05) is 0 Å². The summed E-state index contributed by atoms with van der Waals surface area (Å²) in [6, 6.07) is 0. The highest BCUT2D eigenvalue weighted by molar-refractivity contribution is 4.96. The van der Waals surface area contributed by atoms with Gasteiger partial charge in [-0.15, -0.1) is 0 Å². The first-order chi connectivity index (χ1) is 9.51. The summed E-state index contributed by atoms with van der Waals surface area (Å²) in [7, 11) is 0. The molecule has 2 atom stereocenters. The third-order valence-corrected chi connectivity index (χ3v) is 4.87. The highest BCUT2D eigenvalue weighted by atomic mass is 14.2. The molecule has 0 heterocycles. The molecule has 0 saturated heterocycles. The maximum absolute atomic E-state index is 4.18. The zero-order valence-electron chi connectivity index (χ0n) is 15.0. The van der Waals surface area contributed by atoms with Gasteiger partial charge in [0, 0.05) is 0 Å². The van der Waals surface area contributed by atoms with E-state index in [4.69, 9.17) is 0 Å². The topological polar surface area (TPSA) is 0 Å². The second kappa shape index (κ2) is 12.5. The Morgan fingerprint density at radius 2 is 1.55 bits per heavy atom. The van der Waals surface area contributed by atoms with Crippen LogP contribution >= 0.6 is 0 Å². The van der Waals surface area contributed by atoms with Gasteiger partial charge in [-0.1, -0.05) is 98.1 Å². The van der Waals surface area contributed by atoms with Crippen molar-refractivity contribution in [2.24, 2.45) is 17.8 Å². The van der Waals surface area contributed by atoms with Gasteiger partial charge < -0.3 is 0 Å². The van der Waals surface area contributed by atoms with Gasteiger partial charge >= 0.3 is 0 Å². The number of unbranched alkanes of at least 4 members (excludes halogenated alkanes) is 2. The Morgan fingerprint density at radius 1 is 0.850 bits per heavy atom. The standard InChI is InChI=1S/C20H40/c1-7-9-12-18(5)15-16-20(8-2)14-11-10-13-19(6)17(3)4/h17-18,20H,6-16H2,1-5H3. The first-order valence-corrected chi connectivity index (χ1v) is 9.18. The molecule has 0 rings (SSSR count). The van der Waals surface area contributed by atoms with Crippen LogP contribution in [0.25, 0.3) is 0 Å². The van der Waals surface area contributed by atoms with Crippen molar-refractivity contribution in [1.82, 2.24) is 0 Å². The van der Waals surface area contributed by atoms with E-state index >= 15 is 0 Å². The molecule has 0 aromatic carbocycles. The van der Waals surface area contributed by atoms with Crippen LogP contribution in [0.5, 0.6) is 0 Å². The summed E-state index contributed by atoms with van der Waals surface area (Å²) >= 11 is 0. The van der Waals surface area contributed by atoms with Crippen LogP contribution in [0.2, 0.25) is 0 Å². The predicted molar refractivity (Wildman–Crippen MR) is 94.2 cm³/mol. The largest absolute Gasteiger partial charge is 0.0996 e. The minimum absolute atomic E-state index is 0.663. The van der Waals surface area contributed by atoms with Gasteiger partial charge in [-0.05, 0) is 30.6 Å². The van der Waals surface area contributed by atoms with Crippen LogP contribution in [-0.4, -0.2) is 0 Å². The average molecular weight is 281 g/mol. The molecule has 0 aliphatic carbocycles. The lowest BCUT2D eigenvalue weighted by Crippen LogP contribution is -2.03. The van der Waals surface area contributed by atoms with Crippen molar-refractivity contribution in [2.45, 2.75) is 98.8 Å². The Kier molecular flexibility index (Phi) is 12.3. The van der Waals surface area contributed by atoms with Crippen molar-refractivity contribution in [3.8, 4) is 0 Å². The third-order valence-electron chi connectivity index (χ3n) is 4.87. The molecule has 0 saturated carbocycles. The lowest BCUT2D eigenvalue weighted by atomic mass is 9.88. The van der Waals surface area contributed by atoms with E-state index in [0.717, 1.165) is 11.8 Å². The van der Waals surface area contributed by atoms with E-state index < -0.39 is 0 Å². The number of hydrogen-bond donors (Lipinski definition) is 0. The molecular weight excluding hydrogens is 240 g/mol. The van der Waals surface area contributed by atoms with Crippen LogP contribution in [0.15, 0.2) is 12.2 Å². The summed E-state index contributed by atoms with van der Waals surface area (Å²) < 4.78 is 0.